The molecule has 0 saturated heterocycles. The van der Waals surface area contributed by atoms with Gasteiger partial charge in [-0.1, -0.05) is 6.58 Å². The van der Waals surface area contributed by atoms with Crippen molar-refractivity contribution in [3.05, 3.63) is 35.7 Å². The average molecular weight is 201 g/mol. The van der Waals surface area contributed by atoms with E-state index in [9.17, 15) is 18.0 Å². The molecule has 0 N–H and O–H groups in total. The first-order valence-electron chi connectivity index (χ1n) is 3.64. The molecule has 0 aliphatic rings. The molecule has 0 saturated carbocycles. The smallest absolute Gasteiger partial charge is 0.296 e. The van der Waals surface area contributed by atoms with E-state index >= 15 is 0 Å². The molecule has 14 heavy (non-hydrogen) atoms. The monoisotopic (exact) mass is 201 g/mol. The SMILES string of the molecule is C=Cc1cc(C(F)(F)F)cc(C=O)n1. The number of carbonyl (C=O) groups is 1. The Morgan fingerprint density at radius 1 is 1.29 bits per heavy atom. The molecule has 0 unspecified atom stereocenters. The number of rotatable bonds is 2. The first kappa shape index (κ1) is 10.4. The van der Waals surface area contributed by atoms with Crippen molar-refractivity contribution in [3.8, 4) is 0 Å². The van der Waals surface area contributed by atoms with Gasteiger partial charge in [-0.15, -0.1) is 0 Å². The fraction of sp³-hybridized carbons (Fsp3) is 0.111. The zero-order valence-corrected chi connectivity index (χ0v) is 7.01. The van der Waals surface area contributed by atoms with Gasteiger partial charge in [-0.2, -0.15) is 13.2 Å². The molecular weight excluding hydrogens is 195 g/mol. The Bertz CT molecular complexity index is 345. The first-order valence-corrected chi connectivity index (χ1v) is 3.64. The summed E-state index contributed by atoms with van der Waals surface area (Å²) < 4.78 is 36.7. The normalized spacial score (nSPS) is 11.1. The third-order valence-corrected chi connectivity index (χ3v) is 1.52. The Morgan fingerprint density at radius 3 is 2.29 bits per heavy atom. The van der Waals surface area contributed by atoms with Gasteiger partial charge in [-0.3, -0.25) is 4.79 Å². The molecule has 0 radical (unpaired) electrons. The number of carbonyl (C=O) groups excluding carboxylic acids is 1. The van der Waals surface area contributed by atoms with E-state index in [-0.39, 0.29) is 17.7 Å². The summed E-state index contributed by atoms with van der Waals surface area (Å²) >= 11 is 0. The molecule has 0 fully saturated rings. The molecule has 0 amide bonds. The van der Waals surface area contributed by atoms with Crippen LogP contribution in [-0.4, -0.2) is 11.3 Å². The maximum atomic E-state index is 12.2. The third-order valence-electron chi connectivity index (χ3n) is 1.52. The van der Waals surface area contributed by atoms with Gasteiger partial charge in [-0.25, -0.2) is 4.98 Å². The van der Waals surface area contributed by atoms with Crippen molar-refractivity contribution >= 4 is 12.4 Å². The van der Waals surface area contributed by atoms with Crippen LogP contribution >= 0.6 is 0 Å². The standard InChI is InChI=1S/C9H6F3NO/c1-2-7-3-6(9(10,11)12)4-8(5-14)13-7/h2-5H,1H2. The number of hydrogen-bond acceptors (Lipinski definition) is 2. The second kappa shape index (κ2) is 3.61. The summed E-state index contributed by atoms with van der Waals surface area (Å²) in [6, 6.07) is 1.53. The Kier molecular flexibility index (Phi) is 2.69. The number of hydrogen-bond donors (Lipinski definition) is 0. The highest BCUT2D eigenvalue weighted by molar-refractivity contribution is 5.72. The van der Waals surface area contributed by atoms with Gasteiger partial charge < -0.3 is 0 Å². The second-order valence-electron chi connectivity index (χ2n) is 2.53. The molecule has 0 spiro atoms. The summed E-state index contributed by atoms with van der Waals surface area (Å²) in [4.78, 5) is 13.9. The molecule has 0 aliphatic heterocycles. The molecule has 0 bridgehead atoms. The van der Waals surface area contributed by atoms with E-state index in [0.717, 1.165) is 12.1 Å². The van der Waals surface area contributed by atoms with Crippen LogP contribution in [0.5, 0.6) is 0 Å². The van der Waals surface area contributed by atoms with E-state index in [1.807, 2.05) is 0 Å². The number of pyridine rings is 1. The van der Waals surface area contributed by atoms with Crippen LogP contribution in [0.1, 0.15) is 21.7 Å². The molecule has 1 aromatic heterocycles. The molecule has 2 nitrogen and oxygen atoms in total. The molecule has 1 rings (SSSR count). The molecule has 0 aromatic carbocycles. The maximum Gasteiger partial charge on any atom is 0.416 e. The molecule has 1 heterocycles. The van der Waals surface area contributed by atoms with Crippen molar-refractivity contribution in [2.24, 2.45) is 0 Å². The summed E-state index contributed by atoms with van der Waals surface area (Å²) in [5.74, 6) is 0. The van der Waals surface area contributed by atoms with E-state index in [1.165, 1.54) is 0 Å². The van der Waals surface area contributed by atoms with Crippen molar-refractivity contribution in [2.45, 2.75) is 6.18 Å². The molecule has 1 aromatic rings. The van der Waals surface area contributed by atoms with Crippen LogP contribution in [0.4, 0.5) is 13.2 Å². The summed E-state index contributed by atoms with van der Waals surface area (Å²) in [5, 5.41) is 0. The Morgan fingerprint density at radius 2 is 1.86 bits per heavy atom. The number of halogens is 3. The van der Waals surface area contributed by atoms with Crippen LogP contribution in [-0.2, 0) is 6.18 Å². The largest absolute Gasteiger partial charge is 0.416 e. The third kappa shape index (κ3) is 2.18. The summed E-state index contributed by atoms with van der Waals surface area (Å²) in [6.45, 7) is 3.28. The van der Waals surface area contributed by atoms with Crippen LogP contribution < -0.4 is 0 Å². The topological polar surface area (TPSA) is 30.0 Å². The predicted molar refractivity (Wildman–Crippen MR) is 44.7 cm³/mol. The second-order valence-corrected chi connectivity index (χ2v) is 2.53. The van der Waals surface area contributed by atoms with Crippen LogP contribution in [0.25, 0.3) is 6.08 Å². The Labute approximate surface area is 78.1 Å². The van der Waals surface area contributed by atoms with Crippen molar-refractivity contribution in [2.75, 3.05) is 0 Å². The summed E-state index contributed by atoms with van der Waals surface area (Å²) in [6.07, 6.45) is -3.05. The molecular formula is C9H6F3NO. The lowest BCUT2D eigenvalue weighted by atomic mass is 10.2. The fourth-order valence-corrected chi connectivity index (χ4v) is 0.903. The average Bonchev–Trinajstić information content (AvgIpc) is 2.15. The molecule has 0 aliphatic carbocycles. The van der Waals surface area contributed by atoms with Crippen molar-refractivity contribution in [1.29, 1.82) is 0 Å². The van der Waals surface area contributed by atoms with E-state index < -0.39 is 11.7 Å². The van der Waals surface area contributed by atoms with E-state index in [0.29, 0.717) is 6.07 Å². The minimum Gasteiger partial charge on any atom is -0.296 e. The lowest BCUT2D eigenvalue weighted by Gasteiger charge is -2.07. The van der Waals surface area contributed by atoms with Crippen LogP contribution in [0.15, 0.2) is 18.7 Å². The minimum absolute atomic E-state index is 0.0296. The maximum absolute atomic E-state index is 12.2. The zero-order chi connectivity index (χ0) is 10.8. The van der Waals surface area contributed by atoms with Gasteiger partial charge in [0, 0.05) is 0 Å². The van der Waals surface area contributed by atoms with Crippen molar-refractivity contribution < 1.29 is 18.0 Å². The Balaban J connectivity index is 3.31. The van der Waals surface area contributed by atoms with Crippen LogP contribution in [0.2, 0.25) is 0 Å². The minimum atomic E-state index is -4.47. The van der Waals surface area contributed by atoms with Gasteiger partial charge in [-0.05, 0) is 18.2 Å². The van der Waals surface area contributed by atoms with Crippen molar-refractivity contribution in [3.63, 3.8) is 0 Å². The van der Waals surface area contributed by atoms with Gasteiger partial charge in [0.1, 0.15) is 5.69 Å². The van der Waals surface area contributed by atoms with Gasteiger partial charge in [0.2, 0.25) is 0 Å². The highest BCUT2D eigenvalue weighted by Crippen LogP contribution is 2.29. The van der Waals surface area contributed by atoms with E-state index in [1.54, 1.807) is 0 Å². The number of alkyl halides is 3. The molecule has 74 valence electrons. The Hall–Kier alpha value is -1.65. The van der Waals surface area contributed by atoms with Gasteiger partial charge in [0.25, 0.3) is 0 Å². The molecule has 0 atom stereocenters. The highest BCUT2D eigenvalue weighted by Gasteiger charge is 2.31. The number of aromatic nitrogens is 1. The quantitative estimate of drug-likeness (QED) is 0.688. The van der Waals surface area contributed by atoms with Crippen molar-refractivity contribution in [1.82, 2.24) is 4.98 Å². The number of aldehydes is 1. The van der Waals surface area contributed by atoms with E-state index in [2.05, 4.69) is 11.6 Å². The summed E-state index contributed by atoms with van der Waals surface area (Å²) in [5.41, 5.74) is -1.12. The van der Waals surface area contributed by atoms with Crippen LogP contribution in [0.3, 0.4) is 0 Å². The lowest BCUT2D eigenvalue weighted by Crippen LogP contribution is -2.07. The van der Waals surface area contributed by atoms with Gasteiger partial charge >= 0.3 is 6.18 Å². The zero-order valence-electron chi connectivity index (χ0n) is 7.01. The van der Waals surface area contributed by atoms with E-state index in [4.69, 9.17) is 0 Å². The highest BCUT2D eigenvalue weighted by atomic mass is 19.4. The van der Waals surface area contributed by atoms with Gasteiger partial charge in [0.15, 0.2) is 6.29 Å². The van der Waals surface area contributed by atoms with Crippen LogP contribution in [0, 0.1) is 0 Å². The van der Waals surface area contributed by atoms with Gasteiger partial charge in [0.05, 0.1) is 11.3 Å². The first-order chi connectivity index (χ1) is 6.47. The fourth-order valence-electron chi connectivity index (χ4n) is 0.903. The summed E-state index contributed by atoms with van der Waals surface area (Å²) in [7, 11) is 0. The number of nitrogens with zero attached hydrogens (tertiary/aromatic N) is 1. The predicted octanol–water partition coefficient (Wildman–Crippen LogP) is 2.56. The molecule has 5 heteroatoms. The lowest BCUT2D eigenvalue weighted by molar-refractivity contribution is -0.137.